The van der Waals surface area contributed by atoms with Crippen LogP contribution in [-0.4, -0.2) is 41.5 Å². The van der Waals surface area contributed by atoms with Crippen molar-refractivity contribution in [2.75, 3.05) is 25.4 Å². The van der Waals surface area contributed by atoms with Crippen molar-refractivity contribution in [3.8, 4) is 5.75 Å². The molecule has 2 aliphatic heterocycles. The number of nitrogen functional groups attached to an aromatic ring is 1. The summed E-state index contributed by atoms with van der Waals surface area (Å²) in [5.41, 5.74) is 8.81. The lowest BCUT2D eigenvalue weighted by Crippen LogP contribution is -2.49. The number of carbonyl (C=O) groups is 1. The van der Waals surface area contributed by atoms with Gasteiger partial charge >= 0.3 is 0 Å². The van der Waals surface area contributed by atoms with Gasteiger partial charge in [-0.25, -0.2) is 9.37 Å². The maximum Gasteiger partial charge on any atom is 0.239 e. The molecule has 7 nitrogen and oxygen atoms in total. The van der Waals surface area contributed by atoms with Gasteiger partial charge in [-0.1, -0.05) is 35.7 Å². The lowest BCUT2D eigenvalue weighted by Gasteiger charge is -2.32. The largest absolute Gasteiger partial charge is 0.478 e. The van der Waals surface area contributed by atoms with Crippen molar-refractivity contribution in [1.82, 2.24) is 15.2 Å². The van der Waals surface area contributed by atoms with Gasteiger partial charge in [-0.05, 0) is 50.4 Å². The van der Waals surface area contributed by atoms with Crippen LogP contribution in [0.15, 0.2) is 35.1 Å². The number of hydrogen-bond donors (Lipinski definition) is 2. The van der Waals surface area contributed by atoms with E-state index in [1.54, 1.807) is 19.4 Å². The summed E-state index contributed by atoms with van der Waals surface area (Å²) in [5.74, 6) is -0.0597. The topological polar surface area (TPSA) is 93.6 Å². The number of benzene rings is 1. The Kier molecular flexibility index (Phi) is 7.10. The van der Waals surface area contributed by atoms with Gasteiger partial charge in [-0.15, -0.1) is 0 Å². The first-order valence-corrected chi connectivity index (χ1v) is 12.8. The van der Waals surface area contributed by atoms with Crippen LogP contribution >= 0.6 is 23.2 Å². The van der Waals surface area contributed by atoms with Crippen molar-refractivity contribution in [3.05, 3.63) is 57.7 Å². The van der Waals surface area contributed by atoms with Gasteiger partial charge in [0.25, 0.3) is 0 Å². The van der Waals surface area contributed by atoms with Crippen molar-refractivity contribution in [1.29, 1.82) is 0 Å². The van der Waals surface area contributed by atoms with E-state index >= 15 is 0 Å². The minimum absolute atomic E-state index is 0.0857. The highest BCUT2D eigenvalue weighted by Crippen LogP contribution is 2.41. The number of ether oxygens (including phenoxy) is 1. The van der Waals surface area contributed by atoms with Crippen LogP contribution in [0.3, 0.4) is 0 Å². The Hall–Kier alpha value is -2.81. The number of halogens is 3. The van der Waals surface area contributed by atoms with Crippen molar-refractivity contribution in [3.63, 3.8) is 0 Å². The third kappa shape index (κ3) is 4.65. The number of carbonyl (C=O) groups excluding carboxylic acids is 1. The van der Waals surface area contributed by atoms with E-state index in [1.807, 2.05) is 4.90 Å². The summed E-state index contributed by atoms with van der Waals surface area (Å²) in [6.45, 7) is 3.77. The van der Waals surface area contributed by atoms with E-state index in [1.165, 1.54) is 12.1 Å². The number of nitrogens with zero attached hydrogens (tertiary/aromatic N) is 2. The molecule has 5 rings (SSSR count). The van der Waals surface area contributed by atoms with Gasteiger partial charge in [0.1, 0.15) is 11.9 Å². The second-order valence-electron chi connectivity index (χ2n) is 9.15. The lowest BCUT2D eigenvalue weighted by atomic mass is 9.98. The number of fused-ring (bicyclic) bond motifs is 1. The fraction of sp³-hybridized carbons (Fsp3) is 0.385. The average Bonchev–Trinajstić information content (AvgIpc) is 3.33. The highest BCUT2D eigenvalue weighted by Gasteiger charge is 2.28. The molecule has 2 aliphatic rings. The normalized spacial score (nSPS) is 19.3. The van der Waals surface area contributed by atoms with Crippen LogP contribution in [0.1, 0.15) is 49.8 Å². The number of rotatable bonds is 5. The van der Waals surface area contributed by atoms with Gasteiger partial charge in [0.2, 0.25) is 11.7 Å². The third-order valence-electron chi connectivity index (χ3n) is 6.86. The predicted molar refractivity (Wildman–Crippen MR) is 139 cm³/mol. The maximum absolute atomic E-state index is 14.0. The van der Waals surface area contributed by atoms with Crippen LogP contribution in [0.25, 0.3) is 16.5 Å². The molecule has 1 saturated heterocycles. The Bertz CT molecular complexity index is 1340. The molecule has 0 saturated carbocycles. The molecular formula is C26H27Cl2FN4O3. The minimum atomic E-state index is -0.717. The van der Waals surface area contributed by atoms with Crippen molar-refractivity contribution in [2.45, 2.75) is 44.8 Å². The highest BCUT2D eigenvalue weighted by atomic mass is 35.5. The van der Waals surface area contributed by atoms with Crippen LogP contribution < -0.4 is 15.8 Å². The van der Waals surface area contributed by atoms with Gasteiger partial charge < -0.3 is 25.1 Å². The predicted octanol–water partition coefficient (Wildman–Crippen LogP) is 5.75. The quantitative estimate of drug-likeness (QED) is 0.406. The second-order valence-corrected chi connectivity index (χ2v) is 9.93. The Labute approximate surface area is 218 Å². The number of hydrogen-bond acceptors (Lipinski definition) is 6. The zero-order chi connectivity index (χ0) is 25.4. The molecule has 190 valence electrons. The molecule has 0 spiro atoms. The summed E-state index contributed by atoms with van der Waals surface area (Å²) in [6.07, 6.45) is 8.41. The van der Waals surface area contributed by atoms with Crippen LogP contribution in [0, 0.1) is 5.82 Å². The first-order valence-electron chi connectivity index (χ1n) is 12.0. The molecule has 0 aliphatic carbocycles. The van der Waals surface area contributed by atoms with Crippen LogP contribution in [0.2, 0.25) is 10.0 Å². The van der Waals surface area contributed by atoms with Crippen LogP contribution in [-0.2, 0) is 4.79 Å². The van der Waals surface area contributed by atoms with Gasteiger partial charge in [0.15, 0.2) is 11.4 Å². The molecule has 0 unspecified atom stereocenters. The zero-order valence-corrected chi connectivity index (χ0v) is 21.3. The van der Waals surface area contributed by atoms with E-state index in [9.17, 15) is 9.18 Å². The maximum atomic E-state index is 14.0. The molecule has 36 heavy (non-hydrogen) atoms. The van der Waals surface area contributed by atoms with Gasteiger partial charge in [-0.2, -0.15) is 0 Å². The Balaban J connectivity index is 1.39. The Morgan fingerprint density at radius 3 is 2.92 bits per heavy atom. The molecular weight excluding hydrogens is 506 g/mol. The number of nitrogens with two attached hydrogens (primary N) is 1. The fourth-order valence-corrected chi connectivity index (χ4v) is 5.57. The Morgan fingerprint density at radius 1 is 1.36 bits per heavy atom. The van der Waals surface area contributed by atoms with Crippen molar-refractivity contribution >= 4 is 51.5 Å². The Morgan fingerprint density at radius 2 is 2.19 bits per heavy atom. The fourth-order valence-electron chi connectivity index (χ4n) is 4.89. The van der Waals surface area contributed by atoms with Crippen LogP contribution in [0.4, 0.5) is 10.2 Å². The summed E-state index contributed by atoms with van der Waals surface area (Å²) < 4.78 is 26.0. The van der Waals surface area contributed by atoms with Crippen LogP contribution in [0.5, 0.6) is 5.75 Å². The first-order chi connectivity index (χ1) is 17.3. The number of amides is 1. The van der Waals surface area contributed by atoms with E-state index in [0.717, 1.165) is 42.3 Å². The molecule has 1 amide bonds. The number of piperidine rings is 1. The van der Waals surface area contributed by atoms with Crippen molar-refractivity contribution in [2.24, 2.45) is 0 Å². The number of anilines is 1. The summed E-state index contributed by atoms with van der Waals surface area (Å²) in [4.78, 5) is 19.1. The molecule has 1 fully saturated rings. The molecule has 0 bridgehead atoms. The molecule has 0 radical (unpaired) electrons. The molecule has 4 heterocycles. The molecule has 10 heteroatoms. The summed E-state index contributed by atoms with van der Waals surface area (Å²) >= 11 is 12.4. The average molecular weight is 533 g/mol. The lowest BCUT2D eigenvalue weighted by molar-refractivity contribution is -0.133. The highest BCUT2D eigenvalue weighted by molar-refractivity contribution is 6.36. The standard InChI is InChI=1S/C26H27Cl2FN4O3/c1-14(21-18(27)5-6-19(29)22(21)28)36-24-23-16(12-32-25(24)30)17(13-35-23)15-7-10-33(11-8-15)26(34)20-4-2-3-9-31-20/h5-7,12-14,20,31H,2-4,8-11H2,1H3,(H2,30,32)/t14-,20-/m1/s1. The molecule has 3 aromatic rings. The van der Waals surface area contributed by atoms with E-state index in [0.29, 0.717) is 30.7 Å². The zero-order valence-electron chi connectivity index (χ0n) is 19.8. The number of furan rings is 1. The number of aromatic nitrogens is 1. The van der Waals surface area contributed by atoms with E-state index in [-0.39, 0.29) is 33.6 Å². The molecule has 2 atom stereocenters. The number of pyridine rings is 1. The number of nitrogens with one attached hydrogen (secondary N) is 1. The summed E-state index contributed by atoms with van der Waals surface area (Å²) in [6, 6.07) is 2.55. The molecule has 1 aromatic carbocycles. The van der Waals surface area contributed by atoms with Crippen molar-refractivity contribution < 1.29 is 18.3 Å². The van der Waals surface area contributed by atoms with Gasteiger partial charge in [0, 0.05) is 35.4 Å². The minimum Gasteiger partial charge on any atom is -0.478 e. The molecule has 3 N–H and O–H groups in total. The van der Waals surface area contributed by atoms with E-state index in [4.69, 9.17) is 38.1 Å². The van der Waals surface area contributed by atoms with Gasteiger partial charge in [-0.3, -0.25) is 4.79 Å². The third-order valence-corrected chi connectivity index (χ3v) is 7.57. The SMILES string of the molecule is C[C@@H](Oc1c(N)ncc2c(C3=CCN(C(=O)[C@H]4CCCCN4)CC3)coc12)c1c(Cl)ccc(F)c1Cl. The summed E-state index contributed by atoms with van der Waals surface area (Å²) in [7, 11) is 0. The first kappa shape index (κ1) is 24.9. The summed E-state index contributed by atoms with van der Waals surface area (Å²) in [5, 5.41) is 4.24. The monoisotopic (exact) mass is 532 g/mol. The second kappa shape index (κ2) is 10.3. The molecule has 2 aromatic heterocycles. The van der Waals surface area contributed by atoms with E-state index < -0.39 is 11.9 Å². The smallest absolute Gasteiger partial charge is 0.239 e. The van der Waals surface area contributed by atoms with Gasteiger partial charge in [0.05, 0.1) is 22.7 Å². The van der Waals surface area contributed by atoms with E-state index in [2.05, 4.69) is 16.4 Å².